The quantitative estimate of drug-likeness (QED) is 0.747. The maximum absolute atomic E-state index is 12.5. The Hall–Kier alpha value is -1.90. The summed E-state index contributed by atoms with van der Waals surface area (Å²) in [6.45, 7) is 1.28. The molecule has 0 radical (unpaired) electrons. The number of hydrogen-bond acceptors (Lipinski definition) is 5. The largest absolute Gasteiger partial charge is 0.433 e. The van der Waals surface area contributed by atoms with Gasteiger partial charge in [0.05, 0.1) is 6.10 Å². The maximum atomic E-state index is 12.5. The van der Waals surface area contributed by atoms with E-state index in [4.69, 9.17) is 4.74 Å². The van der Waals surface area contributed by atoms with Crippen LogP contribution < -0.4 is 10.6 Å². The van der Waals surface area contributed by atoms with Gasteiger partial charge in [-0.1, -0.05) is 0 Å². The summed E-state index contributed by atoms with van der Waals surface area (Å²) in [7, 11) is 0. The molecule has 1 amide bonds. The normalized spacial score (nSPS) is 18.0. The van der Waals surface area contributed by atoms with Crippen LogP contribution in [0.1, 0.15) is 31.4 Å². The van der Waals surface area contributed by atoms with Gasteiger partial charge in [0, 0.05) is 32.3 Å². The maximum Gasteiger partial charge on any atom is 0.433 e. The number of rotatable bonds is 7. The van der Waals surface area contributed by atoms with Gasteiger partial charge in [0.1, 0.15) is 5.69 Å². The molecule has 23 heavy (non-hydrogen) atoms. The number of ether oxygens (including phenoxy) is 1. The molecule has 2 heterocycles. The molecule has 0 unspecified atom stereocenters. The van der Waals surface area contributed by atoms with Gasteiger partial charge in [-0.05, 0) is 25.3 Å². The van der Waals surface area contributed by atoms with E-state index in [9.17, 15) is 18.0 Å². The zero-order valence-electron chi connectivity index (χ0n) is 12.5. The Morgan fingerprint density at radius 3 is 2.91 bits per heavy atom. The number of amides is 1. The number of nitrogens with one attached hydrogen (secondary N) is 2. The lowest BCUT2D eigenvalue weighted by Gasteiger charge is -2.10. The molecule has 128 valence electrons. The molecule has 1 aliphatic heterocycles. The smallest absolute Gasteiger partial charge is 0.378 e. The van der Waals surface area contributed by atoms with Crippen LogP contribution in [-0.4, -0.2) is 41.7 Å². The van der Waals surface area contributed by atoms with Crippen molar-refractivity contribution in [2.75, 3.05) is 25.0 Å². The summed E-state index contributed by atoms with van der Waals surface area (Å²) in [5.74, 6) is -0.222. The molecule has 0 aliphatic carbocycles. The Kier molecular flexibility index (Phi) is 6.14. The second kappa shape index (κ2) is 8.09. The van der Waals surface area contributed by atoms with Crippen LogP contribution in [0, 0.1) is 0 Å². The lowest BCUT2D eigenvalue weighted by atomic mass is 10.1. The minimum atomic E-state index is -4.50. The van der Waals surface area contributed by atoms with Crippen LogP contribution in [0.5, 0.6) is 0 Å². The number of carbonyl (C=O) groups is 1. The van der Waals surface area contributed by atoms with Crippen LogP contribution in [0.25, 0.3) is 0 Å². The first-order valence-corrected chi connectivity index (χ1v) is 7.47. The number of carbonyl (C=O) groups excluding carboxylic acids is 1. The minimum absolute atomic E-state index is 0.104. The van der Waals surface area contributed by atoms with Gasteiger partial charge in [-0.3, -0.25) is 4.79 Å². The first kappa shape index (κ1) is 17.5. The molecule has 2 N–H and O–H groups in total. The molecule has 6 nitrogen and oxygen atoms in total. The number of nitrogens with zero attached hydrogens (tertiary/aromatic N) is 2. The Balaban J connectivity index is 1.64. The van der Waals surface area contributed by atoms with Crippen LogP contribution in [0.3, 0.4) is 0 Å². The fraction of sp³-hybridized carbons (Fsp3) is 0.643. The lowest BCUT2D eigenvalue weighted by molar-refractivity contribution is -0.141. The highest BCUT2D eigenvalue weighted by Gasteiger charge is 2.32. The summed E-state index contributed by atoms with van der Waals surface area (Å²) in [5.41, 5.74) is -1.00. The number of halogens is 3. The molecule has 9 heteroatoms. The van der Waals surface area contributed by atoms with E-state index in [2.05, 4.69) is 20.6 Å². The summed E-state index contributed by atoms with van der Waals surface area (Å²) in [6.07, 6.45) is -0.207. The Bertz CT molecular complexity index is 519. The van der Waals surface area contributed by atoms with Crippen LogP contribution in [0.15, 0.2) is 12.3 Å². The minimum Gasteiger partial charge on any atom is -0.378 e. The monoisotopic (exact) mass is 332 g/mol. The van der Waals surface area contributed by atoms with Crippen LogP contribution in [-0.2, 0) is 15.7 Å². The van der Waals surface area contributed by atoms with Gasteiger partial charge < -0.3 is 15.4 Å². The van der Waals surface area contributed by atoms with Gasteiger partial charge in [0.15, 0.2) is 0 Å². The van der Waals surface area contributed by atoms with Crippen LogP contribution in [0.4, 0.5) is 19.1 Å². The van der Waals surface area contributed by atoms with Gasteiger partial charge in [-0.25, -0.2) is 9.97 Å². The lowest BCUT2D eigenvalue weighted by Crippen LogP contribution is -2.29. The Morgan fingerprint density at radius 2 is 2.22 bits per heavy atom. The van der Waals surface area contributed by atoms with Gasteiger partial charge >= 0.3 is 6.18 Å². The highest BCUT2D eigenvalue weighted by atomic mass is 19.4. The summed E-state index contributed by atoms with van der Waals surface area (Å²) >= 11 is 0. The summed E-state index contributed by atoms with van der Waals surface area (Å²) < 4.78 is 42.9. The van der Waals surface area contributed by atoms with Crippen molar-refractivity contribution in [3.63, 3.8) is 0 Å². The van der Waals surface area contributed by atoms with E-state index in [1.807, 2.05) is 0 Å². The molecule has 0 saturated carbocycles. The van der Waals surface area contributed by atoms with Crippen LogP contribution in [0.2, 0.25) is 0 Å². The summed E-state index contributed by atoms with van der Waals surface area (Å²) in [4.78, 5) is 18.7. The van der Waals surface area contributed by atoms with Crippen molar-refractivity contribution in [2.24, 2.45) is 0 Å². The van der Waals surface area contributed by atoms with Crippen molar-refractivity contribution < 1.29 is 22.7 Å². The first-order chi connectivity index (χ1) is 10.9. The van der Waals surface area contributed by atoms with Crippen molar-refractivity contribution in [1.82, 2.24) is 15.3 Å². The van der Waals surface area contributed by atoms with E-state index >= 15 is 0 Å². The predicted molar refractivity (Wildman–Crippen MR) is 76.7 cm³/mol. The van der Waals surface area contributed by atoms with Crippen molar-refractivity contribution >= 4 is 11.9 Å². The van der Waals surface area contributed by atoms with E-state index in [-0.39, 0.29) is 31.0 Å². The fourth-order valence-corrected chi connectivity index (χ4v) is 2.23. The third-order valence-electron chi connectivity index (χ3n) is 3.39. The van der Waals surface area contributed by atoms with Gasteiger partial charge in [0.25, 0.3) is 0 Å². The molecule has 0 spiro atoms. The van der Waals surface area contributed by atoms with Gasteiger partial charge in [-0.2, -0.15) is 13.2 Å². The molecule has 0 bridgehead atoms. The van der Waals surface area contributed by atoms with E-state index in [1.54, 1.807) is 0 Å². The van der Waals surface area contributed by atoms with E-state index < -0.39 is 11.9 Å². The number of anilines is 1. The molecular formula is C14H19F3N4O2. The van der Waals surface area contributed by atoms with Crippen molar-refractivity contribution in [3.05, 3.63) is 18.0 Å². The molecule has 0 aromatic carbocycles. The van der Waals surface area contributed by atoms with Gasteiger partial charge in [-0.15, -0.1) is 0 Å². The summed E-state index contributed by atoms with van der Waals surface area (Å²) in [6, 6.07) is 0.804. The van der Waals surface area contributed by atoms with Crippen LogP contribution >= 0.6 is 0 Å². The zero-order chi connectivity index (χ0) is 16.7. The van der Waals surface area contributed by atoms with E-state index in [0.29, 0.717) is 12.8 Å². The molecule has 2 rings (SSSR count). The van der Waals surface area contributed by atoms with Crippen molar-refractivity contribution in [1.29, 1.82) is 0 Å². The standard InChI is InChI=1S/C14H19F3N4O2/c15-14(16,17)11-5-6-19-13(21-11)20-8-7-18-12(22)4-3-10-2-1-9-23-10/h5-6,10H,1-4,7-9H2,(H,18,22)(H,19,20,21)/t10-/m0/s1. The highest BCUT2D eigenvalue weighted by molar-refractivity contribution is 5.75. The molecule has 1 aliphatic rings. The molecule has 1 atom stereocenters. The van der Waals surface area contributed by atoms with Gasteiger partial charge in [0.2, 0.25) is 11.9 Å². The first-order valence-electron chi connectivity index (χ1n) is 7.47. The van der Waals surface area contributed by atoms with E-state index in [1.165, 1.54) is 0 Å². The summed E-state index contributed by atoms with van der Waals surface area (Å²) in [5, 5.41) is 5.34. The zero-order valence-corrected chi connectivity index (χ0v) is 12.5. The number of hydrogen-bond donors (Lipinski definition) is 2. The van der Waals surface area contributed by atoms with Crippen molar-refractivity contribution in [2.45, 2.75) is 38.0 Å². The molecular weight excluding hydrogens is 313 g/mol. The SMILES string of the molecule is O=C(CC[C@@H]1CCCO1)NCCNc1nccc(C(F)(F)F)n1. The second-order valence-electron chi connectivity index (χ2n) is 5.21. The second-order valence-corrected chi connectivity index (χ2v) is 5.21. The topological polar surface area (TPSA) is 76.1 Å². The predicted octanol–water partition coefficient (Wildman–Crippen LogP) is 1.98. The fourth-order valence-electron chi connectivity index (χ4n) is 2.23. The number of alkyl halides is 3. The molecule has 1 saturated heterocycles. The highest BCUT2D eigenvalue weighted by Crippen LogP contribution is 2.27. The van der Waals surface area contributed by atoms with Crippen molar-refractivity contribution in [3.8, 4) is 0 Å². The van der Waals surface area contributed by atoms with E-state index in [0.717, 1.165) is 31.7 Å². The number of aromatic nitrogens is 2. The Morgan fingerprint density at radius 1 is 1.39 bits per heavy atom. The third kappa shape index (κ3) is 6.01. The average molecular weight is 332 g/mol. The Labute approximate surface area is 131 Å². The average Bonchev–Trinajstić information content (AvgIpc) is 3.02. The third-order valence-corrected chi connectivity index (χ3v) is 3.39. The molecule has 1 aromatic heterocycles. The molecule has 1 fully saturated rings. The molecule has 1 aromatic rings.